The Kier molecular flexibility index (Phi) is 3.62. The van der Waals surface area contributed by atoms with Gasteiger partial charge in [-0.3, -0.25) is 0 Å². The van der Waals surface area contributed by atoms with Crippen molar-refractivity contribution in [2.24, 2.45) is 5.84 Å². The zero-order valence-corrected chi connectivity index (χ0v) is 9.76. The van der Waals surface area contributed by atoms with Gasteiger partial charge in [0.25, 0.3) is 0 Å². The molecule has 0 bridgehead atoms. The Hall–Kier alpha value is -2.01. The third kappa shape index (κ3) is 2.76. The standard InChI is InChI=1S/C12H16N4O/c1-2-16(9-11-4-3-7-17-11)10-5-6-14-12(8-10)15-13/h3-8H,2,9,13H2,1H3,(H,14,15). The molecule has 0 aliphatic heterocycles. The van der Waals surface area contributed by atoms with Gasteiger partial charge in [-0.25, -0.2) is 10.8 Å². The number of furan rings is 1. The van der Waals surface area contributed by atoms with Crippen LogP contribution in [0.3, 0.4) is 0 Å². The molecule has 90 valence electrons. The summed E-state index contributed by atoms with van der Waals surface area (Å²) >= 11 is 0. The van der Waals surface area contributed by atoms with Gasteiger partial charge in [0.1, 0.15) is 11.6 Å². The molecule has 17 heavy (non-hydrogen) atoms. The Morgan fingerprint density at radius 2 is 2.35 bits per heavy atom. The Balaban J connectivity index is 2.16. The summed E-state index contributed by atoms with van der Waals surface area (Å²) in [6.07, 6.45) is 3.41. The average molecular weight is 232 g/mol. The zero-order valence-electron chi connectivity index (χ0n) is 9.76. The molecule has 0 spiro atoms. The maximum Gasteiger partial charge on any atom is 0.141 e. The van der Waals surface area contributed by atoms with E-state index in [-0.39, 0.29) is 0 Å². The smallest absolute Gasteiger partial charge is 0.141 e. The number of pyridine rings is 1. The third-order valence-corrected chi connectivity index (χ3v) is 2.57. The average Bonchev–Trinajstić information content (AvgIpc) is 2.89. The van der Waals surface area contributed by atoms with E-state index in [1.807, 2.05) is 24.3 Å². The van der Waals surface area contributed by atoms with Crippen LogP contribution in [0.5, 0.6) is 0 Å². The fourth-order valence-corrected chi connectivity index (χ4v) is 1.67. The highest BCUT2D eigenvalue weighted by atomic mass is 16.3. The van der Waals surface area contributed by atoms with Crippen LogP contribution >= 0.6 is 0 Å². The van der Waals surface area contributed by atoms with Gasteiger partial charge in [-0.15, -0.1) is 0 Å². The van der Waals surface area contributed by atoms with Crippen molar-refractivity contribution in [3.8, 4) is 0 Å². The number of nitrogens with zero attached hydrogens (tertiary/aromatic N) is 2. The number of nitrogen functional groups attached to an aromatic ring is 1. The zero-order chi connectivity index (χ0) is 12.1. The molecule has 0 unspecified atom stereocenters. The lowest BCUT2D eigenvalue weighted by Crippen LogP contribution is -2.22. The maximum atomic E-state index is 5.35. The van der Waals surface area contributed by atoms with E-state index < -0.39 is 0 Å². The quantitative estimate of drug-likeness (QED) is 0.609. The molecule has 0 aromatic carbocycles. The van der Waals surface area contributed by atoms with Crippen LogP contribution in [0.15, 0.2) is 41.1 Å². The molecule has 0 saturated carbocycles. The summed E-state index contributed by atoms with van der Waals surface area (Å²) in [5.41, 5.74) is 3.61. The summed E-state index contributed by atoms with van der Waals surface area (Å²) in [5.74, 6) is 6.94. The van der Waals surface area contributed by atoms with Crippen LogP contribution in [0.1, 0.15) is 12.7 Å². The van der Waals surface area contributed by atoms with Crippen LogP contribution in [-0.2, 0) is 6.54 Å². The van der Waals surface area contributed by atoms with Gasteiger partial charge in [-0.1, -0.05) is 0 Å². The molecule has 0 atom stereocenters. The molecule has 2 rings (SSSR count). The topological polar surface area (TPSA) is 67.3 Å². The van der Waals surface area contributed by atoms with Gasteiger partial charge in [0.15, 0.2) is 0 Å². The van der Waals surface area contributed by atoms with Crippen LogP contribution in [0.4, 0.5) is 11.5 Å². The van der Waals surface area contributed by atoms with Gasteiger partial charge < -0.3 is 14.7 Å². The molecular formula is C12H16N4O. The normalized spacial score (nSPS) is 10.2. The largest absolute Gasteiger partial charge is 0.467 e. The molecule has 0 fully saturated rings. The molecule has 0 aliphatic carbocycles. The fraction of sp³-hybridized carbons (Fsp3) is 0.250. The summed E-state index contributed by atoms with van der Waals surface area (Å²) in [6.45, 7) is 3.71. The van der Waals surface area contributed by atoms with Crippen molar-refractivity contribution in [1.29, 1.82) is 0 Å². The lowest BCUT2D eigenvalue weighted by Gasteiger charge is -2.22. The van der Waals surface area contributed by atoms with Gasteiger partial charge in [-0.2, -0.15) is 0 Å². The predicted octanol–water partition coefficient (Wildman–Crippen LogP) is 1.99. The van der Waals surface area contributed by atoms with Crippen LogP contribution < -0.4 is 16.2 Å². The van der Waals surface area contributed by atoms with E-state index in [0.717, 1.165) is 24.5 Å². The second-order valence-corrected chi connectivity index (χ2v) is 3.64. The van der Waals surface area contributed by atoms with Crippen molar-refractivity contribution in [1.82, 2.24) is 4.98 Å². The van der Waals surface area contributed by atoms with E-state index in [1.54, 1.807) is 12.5 Å². The first kappa shape index (κ1) is 11.5. The van der Waals surface area contributed by atoms with Crippen LogP contribution in [-0.4, -0.2) is 11.5 Å². The molecule has 0 aliphatic rings. The molecule has 2 aromatic rings. The first-order chi connectivity index (χ1) is 8.33. The monoisotopic (exact) mass is 232 g/mol. The minimum Gasteiger partial charge on any atom is -0.467 e. The maximum absolute atomic E-state index is 5.35. The van der Waals surface area contributed by atoms with Crippen molar-refractivity contribution in [3.05, 3.63) is 42.5 Å². The Morgan fingerprint density at radius 3 is 3.00 bits per heavy atom. The second kappa shape index (κ2) is 5.36. The van der Waals surface area contributed by atoms with E-state index in [2.05, 4.69) is 22.2 Å². The molecule has 5 heteroatoms. The Morgan fingerprint density at radius 1 is 1.47 bits per heavy atom. The number of nitrogens with two attached hydrogens (primary N) is 1. The minimum absolute atomic E-state index is 0.653. The Bertz CT molecular complexity index is 455. The Labute approximate surface area is 100 Å². The molecule has 0 radical (unpaired) electrons. The lowest BCUT2D eigenvalue weighted by molar-refractivity contribution is 0.503. The summed E-state index contributed by atoms with van der Waals surface area (Å²) in [5, 5.41) is 0. The van der Waals surface area contributed by atoms with Crippen molar-refractivity contribution < 1.29 is 4.42 Å². The molecule has 2 heterocycles. The SMILES string of the molecule is CCN(Cc1ccco1)c1ccnc(NN)c1. The van der Waals surface area contributed by atoms with E-state index in [0.29, 0.717) is 5.82 Å². The second-order valence-electron chi connectivity index (χ2n) is 3.64. The number of aromatic nitrogens is 1. The highest BCUT2D eigenvalue weighted by molar-refractivity contribution is 5.53. The summed E-state index contributed by atoms with van der Waals surface area (Å²) in [7, 11) is 0. The van der Waals surface area contributed by atoms with E-state index in [9.17, 15) is 0 Å². The number of hydrogen-bond acceptors (Lipinski definition) is 5. The van der Waals surface area contributed by atoms with Crippen LogP contribution in [0, 0.1) is 0 Å². The molecular weight excluding hydrogens is 216 g/mol. The van der Waals surface area contributed by atoms with Crippen LogP contribution in [0.2, 0.25) is 0 Å². The molecule has 2 aromatic heterocycles. The molecule has 5 nitrogen and oxygen atoms in total. The fourth-order valence-electron chi connectivity index (χ4n) is 1.67. The summed E-state index contributed by atoms with van der Waals surface area (Å²) in [6, 6.07) is 7.72. The van der Waals surface area contributed by atoms with E-state index in [4.69, 9.17) is 10.3 Å². The highest BCUT2D eigenvalue weighted by Crippen LogP contribution is 2.19. The van der Waals surface area contributed by atoms with Crippen molar-refractivity contribution in [2.75, 3.05) is 16.9 Å². The van der Waals surface area contributed by atoms with Gasteiger partial charge in [-0.05, 0) is 25.1 Å². The van der Waals surface area contributed by atoms with Gasteiger partial charge in [0.2, 0.25) is 0 Å². The van der Waals surface area contributed by atoms with E-state index >= 15 is 0 Å². The number of rotatable bonds is 5. The molecule has 3 N–H and O–H groups in total. The predicted molar refractivity (Wildman–Crippen MR) is 67.5 cm³/mol. The highest BCUT2D eigenvalue weighted by Gasteiger charge is 2.07. The van der Waals surface area contributed by atoms with E-state index in [1.165, 1.54) is 0 Å². The lowest BCUT2D eigenvalue weighted by atomic mass is 10.3. The third-order valence-electron chi connectivity index (χ3n) is 2.57. The van der Waals surface area contributed by atoms with Gasteiger partial charge >= 0.3 is 0 Å². The minimum atomic E-state index is 0.653. The molecule has 0 amide bonds. The van der Waals surface area contributed by atoms with Gasteiger partial charge in [0, 0.05) is 24.5 Å². The van der Waals surface area contributed by atoms with Crippen LogP contribution in [0.25, 0.3) is 0 Å². The number of hydrogen-bond donors (Lipinski definition) is 2. The number of hydrazine groups is 1. The summed E-state index contributed by atoms with van der Waals surface area (Å²) in [4.78, 5) is 6.27. The van der Waals surface area contributed by atoms with Crippen molar-refractivity contribution in [3.63, 3.8) is 0 Å². The molecule has 0 saturated heterocycles. The number of nitrogens with one attached hydrogen (secondary N) is 1. The first-order valence-electron chi connectivity index (χ1n) is 5.53. The number of anilines is 2. The van der Waals surface area contributed by atoms with Crippen molar-refractivity contribution >= 4 is 11.5 Å². The van der Waals surface area contributed by atoms with Crippen molar-refractivity contribution in [2.45, 2.75) is 13.5 Å². The first-order valence-corrected chi connectivity index (χ1v) is 5.53. The summed E-state index contributed by atoms with van der Waals surface area (Å²) < 4.78 is 5.35. The van der Waals surface area contributed by atoms with Gasteiger partial charge in [0.05, 0.1) is 12.8 Å².